The van der Waals surface area contributed by atoms with Crippen molar-refractivity contribution in [3.8, 4) is 22.5 Å². The summed E-state index contributed by atoms with van der Waals surface area (Å²) in [6, 6.07) is 2.53. The molecule has 1 aliphatic heterocycles. The zero-order chi connectivity index (χ0) is 38.0. The van der Waals surface area contributed by atoms with Gasteiger partial charge in [-0.3, -0.25) is 19.2 Å². The molecule has 4 unspecified atom stereocenters. The van der Waals surface area contributed by atoms with Crippen LogP contribution in [0.15, 0.2) is 17.5 Å². The van der Waals surface area contributed by atoms with Crippen molar-refractivity contribution in [2.75, 3.05) is 13.7 Å². The normalized spacial score (nSPS) is 23.7. The molecule has 2 aliphatic carbocycles. The lowest BCUT2D eigenvalue weighted by molar-refractivity contribution is -0.132. The van der Waals surface area contributed by atoms with Crippen molar-refractivity contribution < 1.29 is 37.0 Å². The van der Waals surface area contributed by atoms with E-state index in [-0.39, 0.29) is 37.1 Å². The van der Waals surface area contributed by atoms with Crippen molar-refractivity contribution in [2.45, 2.75) is 121 Å². The molecule has 3 amide bonds. The predicted molar refractivity (Wildman–Crippen MR) is 196 cm³/mol. The van der Waals surface area contributed by atoms with E-state index in [1.165, 1.54) is 16.2 Å². The van der Waals surface area contributed by atoms with E-state index in [4.69, 9.17) is 29.2 Å². The summed E-state index contributed by atoms with van der Waals surface area (Å²) in [5.41, 5.74) is 0.0349. The largest absolute Gasteiger partial charge is 0.496 e. The van der Waals surface area contributed by atoms with Gasteiger partial charge in [-0.25, -0.2) is 23.2 Å². The van der Waals surface area contributed by atoms with E-state index in [9.17, 15) is 22.8 Å². The molecule has 14 nitrogen and oxygen atoms in total. The third-order valence-corrected chi connectivity index (χ3v) is 13.2. The van der Waals surface area contributed by atoms with Crippen LogP contribution in [0.1, 0.15) is 97.7 Å². The Kier molecular flexibility index (Phi) is 9.73. The number of carbonyl (C=O) groups is 3. The number of ether oxygens (including phenoxy) is 3. The van der Waals surface area contributed by atoms with Gasteiger partial charge < -0.3 is 19.5 Å². The maximum absolute atomic E-state index is 14.2. The lowest BCUT2D eigenvalue weighted by Crippen LogP contribution is -2.57. The number of hydrogen-bond donors (Lipinski definition) is 2. The van der Waals surface area contributed by atoms with Crippen molar-refractivity contribution in [3.05, 3.63) is 28.8 Å². The fraction of sp³-hybridized carbons (Fsp3) is 0.611. The van der Waals surface area contributed by atoms with E-state index in [1.807, 2.05) is 25.3 Å². The molecule has 3 aliphatic rings. The van der Waals surface area contributed by atoms with Crippen molar-refractivity contribution in [1.82, 2.24) is 29.9 Å². The molecule has 3 heterocycles. The van der Waals surface area contributed by atoms with E-state index in [1.54, 1.807) is 40.9 Å². The Morgan fingerprint density at radius 2 is 1.85 bits per heavy atom. The second-order valence-corrected chi connectivity index (χ2v) is 18.7. The van der Waals surface area contributed by atoms with Gasteiger partial charge in [0.05, 0.1) is 35.0 Å². The van der Waals surface area contributed by atoms with Crippen LogP contribution in [-0.2, 0) is 24.3 Å². The number of sulfonamides is 1. The molecule has 3 fully saturated rings. The van der Waals surface area contributed by atoms with Crippen molar-refractivity contribution in [3.63, 3.8) is 0 Å². The molecule has 1 aromatic carbocycles. The number of nitrogens with one attached hydrogen (secondary N) is 2. The topological polar surface area (TPSA) is 179 Å². The van der Waals surface area contributed by atoms with E-state index in [0.29, 0.717) is 46.7 Å². The van der Waals surface area contributed by atoms with Crippen LogP contribution in [-0.4, -0.2) is 87.9 Å². The van der Waals surface area contributed by atoms with Gasteiger partial charge in [-0.15, -0.1) is 11.3 Å². The zero-order valence-electron chi connectivity index (χ0n) is 31.2. The molecule has 2 saturated carbocycles. The van der Waals surface area contributed by atoms with Gasteiger partial charge >= 0.3 is 6.09 Å². The van der Waals surface area contributed by atoms with E-state index in [2.05, 4.69) is 23.9 Å². The maximum Gasteiger partial charge on any atom is 0.411 e. The SMILES string of the molecule is CCC1CC1(NC(=O)C1CC(Oc2nc(-c3nc(C(C)C)cs3)nc3c(C)c(OC)ccc23)CN1C(=O)OC(C)(C)C)C(=O)NS(=O)(=O)C1(C)CC1. The molecule has 4 atom stereocenters. The highest BCUT2D eigenvalue weighted by molar-refractivity contribution is 7.91. The number of carbonyl (C=O) groups excluding carboxylic acids is 3. The second-order valence-electron chi connectivity index (χ2n) is 15.7. The molecular weight excluding hydrogens is 709 g/mol. The van der Waals surface area contributed by atoms with Gasteiger partial charge in [0.2, 0.25) is 21.8 Å². The van der Waals surface area contributed by atoms with Crippen LogP contribution in [0, 0.1) is 12.8 Å². The van der Waals surface area contributed by atoms with Crippen LogP contribution in [0.25, 0.3) is 21.7 Å². The van der Waals surface area contributed by atoms with Crippen LogP contribution in [0.5, 0.6) is 11.6 Å². The first-order valence-corrected chi connectivity index (χ1v) is 20.0. The minimum Gasteiger partial charge on any atom is -0.496 e. The van der Waals surface area contributed by atoms with Crippen LogP contribution in [0.2, 0.25) is 0 Å². The van der Waals surface area contributed by atoms with Crippen molar-refractivity contribution in [1.29, 1.82) is 0 Å². The number of rotatable bonds is 11. The molecule has 16 heteroatoms. The number of benzene rings is 1. The highest BCUT2D eigenvalue weighted by Gasteiger charge is 2.63. The summed E-state index contributed by atoms with van der Waals surface area (Å²) in [6.45, 7) is 14.7. The monoisotopic (exact) mass is 756 g/mol. The Bertz CT molecular complexity index is 2020. The lowest BCUT2D eigenvalue weighted by atomic mass is 10.1. The van der Waals surface area contributed by atoms with Crippen LogP contribution >= 0.6 is 11.3 Å². The fourth-order valence-electron chi connectivity index (χ4n) is 6.55. The molecule has 2 aromatic heterocycles. The Hall–Kier alpha value is -4.05. The van der Waals surface area contributed by atoms with Gasteiger partial charge in [0.25, 0.3) is 5.91 Å². The van der Waals surface area contributed by atoms with Crippen LogP contribution < -0.4 is 19.5 Å². The number of hydrogen-bond acceptors (Lipinski definition) is 12. The number of nitrogens with zero attached hydrogens (tertiary/aromatic N) is 4. The average molecular weight is 757 g/mol. The Balaban J connectivity index is 1.31. The summed E-state index contributed by atoms with van der Waals surface area (Å²) in [5.74, 6) is -0.154. The Morgan fingerprint density at radius 3 is 2.42 bits per heavy atom. The number of methoxy groups -OCH3 is 1. The summed E-state index contributed by atoms with van der Waals surface area (Å²) in [6.07, 6.45) is 0.366. The van der Waals surface area contributed by atoms with Gasteiger partial charge in [0.1, 0.15) is 29.0 Å². The van der Waals surface area contributed by atoms with Crippen molar-refractivity contribution in [2.24, 2.45) is 5.92 Å². The minimum absolute atomic E-state index is 0.0130. The molecule has 6 rings (SSSR count). The molecule has 2 N–H and O–H groups in total. The third-order valence-electron chi connectivity index (χ3n) is 10.2. The van der Waals surface area contributed by atoms with Gasteiger partial charge in [0.15, 0.2) is 10.8 Å². The summed E-state index contributed by atoms with van der Waals surface area (Å²) < 4.78 is 45.0. The first-order chi connectivity index (χ1) is 24.3. The van der Waals surface area contributed by atoms with Gasteiger partial charge in [0, 0.05) is 17.4 Å². The number of thiazole rings is 1. The Labute approximate surface area is 308 Å². The first-order valence-electron chi connectivity index (χ1n) is 17.7. The lowest BCUT2D eigenvalue weighted by Gasteiger charge is -2.29. The average Bonchev–Trinajstić information content (AvgIpc) is 3.84. The minimum atomic E-state index is -3.93. The van der Waals surface area contributed by atoms with Crippen LogP contribution in [0.3, 0.4) is 0 Å². The van der Waals surface area contributed by atoms with Crippen molar-refractivity contribution >= 4 is 50.2 Å². The summed E-state index contributed by atoms with van der Waals surface area (Å²) in [4.78, 5) is 57.0. The zero-order valence-corrected chi connectivity index (χ0v) is 32.8. The van der Waals surface area contributed by atoms with E-state index < -0.39 is 56.0 Å². The first kappa shape index (κ1) is 37.7. The Morgan fingerprint density at radius 1 is 1.13 bits per heavy atom. The highest BCUT2D eigenvalue weighted by Crippen LogP contribution is 2.48. The molecule has 3 aromatic rings. The van der Waals surface area contributed by atoms with E-state index in [0.717, 1.165) is 11.3 Å². The molecular formula is C36H48N6O8S2. The van der Waals surface area contributed by atoms with Crippen LogP contribution in [0.4, 0.5) is 4.79 Å². The third kappa shape index (κ3) is 7.15. The molecule has 0 radical (unpaired) electrons. The van der Waals surface area contributed by atoms with Gasteiger partial charge in [-0.2, -0.15) is 4.98 Å². The summed E-state index contributed by atoms with van der Waals surface area (Å²) >= 11 is 1.43. The quantitative estimate of drug-likeness (QED) is 0.262. The fourth-order valence-corrected chi connectivity index (χ4v) is 8.78. The van der Waals surface area contributed by atoms with Gasteiger partial charge in [-0.1, -0.05) is 27.2 Å². The number of aromatic nitrogens is 3. The standard InChI is InChI=1S/C36H48N6O8S2/c1-10-21-16-36(21,32(44)41-52(46,47)35(8)13-14-35)40-29(43)25-15-22(17-42(25)33(45)50-34(5,6)7)49-30-23-11-12-26(48-9)20(4)27(23)38-28(39-30)31-37-24(18-51-31)19(2)3/h11-12,18-19,21-22,25H,10,13-17H2,1-9H3,(H,40,43)(H,41,44). The molecule has 282 valence electrons. The number of fused-ring (bicyclic) bond motifs is 1. The maximum atomic E-state index is 14.2. The summed E-state index contributed by atoms with van der Waals surface area (Å²) in [7, 11) is -2.35. The molecule has 0 spiro atoms. The number of aryl methyl sites for hydroxylation is 1. The smallest absolute Gasteiger partial charge is 0.411 e. The number of amides is 3. The molecule has 52 heavy (non-hydrogen) atoms. The molecule has 0 bridgehead atoms. The second kappa shape index (κ2) is 13.4. The molecule has 1 saturated heterocycles. The van der Waals surface area contributed by atoms with Gasteiger partial charge in [-0.05, 0) is 77.8 Å². The highest BCUT2D eigenvalue weighted by atomic mass is 32.2. The van der Waals surface area contributed by atoms with E-state index >= 15 is 0 Å². The predicted octanol–water partition coefficient (Wildman–Crippen LogP) is 5.23. The number of likely N-dealkylation sites (tertiary alicyclic amines) is 1. The summed E-state index contributed by atoms with van der Waals surface area (Å²) in [5, 5.41) is 6.07.